The number of H-pyrrole nitrogens is 1. The Bertz CT molecular complexity index is 4490. The number of ether oxygens (including phenoxy) is 2. The molecule has 114 heavy (non-hydrogen) atoms. The number of aliphatic carboxylic acids is 4. The number of anilines is 2. The number of benzene rings is 1. The van der Waals surface area contributed by atoms with Crippen molar-refractivity contribution in [2.24, 2.45) is 22.5 Å². The average Bonchev–Trinajstić information content (AvgIpc) is 1.50. The first-order chi connectivity index (χ1) is 54.1. The number of carbonyl (C=O) groups excluding carboxylic acids is 12. The number of likely N-dealkylation sites (tertiary alicyclic amines) is 1. The second kappa shape index (κ2) is 39.9. The largest absolute Gasteiger partial charge is 0.481 e. The monoisotopic (exact) mass is 1650 g/mol. The summed E-state index contributed by atoms with van der Waals surface area (Å²) in [5, 5.41) is 73.0. The minimum absolute atomic E-state index is 0.00995. The van der Waals surface area contributed by atoms with Gasteiger partial charge in [0.15, 0.2) is 28.2 Å². The number of nitrogen functional groups attached to an aromatic ring is 1. The van der Waals surface area contributed by atoms with Crippen LogP contribution < -0.4 is 81.4 Å². The molecular formula is C66H84N22O23S3. The Morgan fingerprint density at radius 1 is 0.754 bits per heavy atom. The zero-order chi connectivity index (χ0) is 83.4. The van der Waals surface area contributed by atoms with Crippen LogP contribution in [0, 0.1) is 11.3 Å². The highest BCUT2D eigenvalue weighted by Crippen LogP contribution is 2.56. The Morgan fingerprint density at radius 2 is 1.42 bits per heavy atom. The molecule has 5 aliphatic rings. The maximum Gasteiger partial charge on any atom is 0.404 e. The quantitative estimate of drug-likeness (QED) is 0.00290. The van der Waals surface area contributed by atoms with Crippen LogP contribution >= 0.6 is 33.3 Å². The van der Waals surface area contributed by atoms with E-state index in [0.717, 1.165) is 0 Å². The number of aromatic nitrogens is 4. The van der Waals surface area contributed by atoms with Crippen molar-refractivity contribution < 1.29 is 107 Å². The lowest BCUT2D eigenvalue weighted by Crippen LogP contribution is -2.58. The summed E-state index contributed by atoms with van der Waals surface area (Å²) in [6.45, 7) is 3.30. The number of guanidine groups is 1. The van der Waals surface area contributed by atoms with E-state index in [1.165, 1.54) is 66.1 Å². The minimum Gasteiger partial charge on any atom is -0.481 e. The van der Waals surface area contributed by atoms with Crippen LogP contribution in [0.2, 0.25) is 0 Å². The molecular weight excluding hydrogens is 1570 g/mol. The number of aromatic amines is 1. The number of hydrogen-bond donors (Lipinski definition) is 20. The number of amides is 10. The van der Waals surface area contributed by atoms with E-state index in [-0.39, 0.29) is 120 Å². The molecule has 1 aliphatic carbocycles. The van der Waals surface area contributed by atoms with Crippen LogP contribution in [-0.2, 0) is 83.1 Å². The molecule has 0 radical (unpaired) electrons. The van der Waals surface area contributed by atoms with Gasteiger partial charge in [0.2, 0.25) is 64.8 Å². The van der Waals surface area contributed by atoms with E-state index in [1.54, 1.807) is 11.8 Å². The van der Waals surface area contributed by atoms with Crippen LogP contribution in [0.25, 0.3) is 11.2 Å². The maximum absolute atomic E-state index is 14.0. The van der Waals surface area contributed by atoms with Gasteiger partial charge in [-0.25, -0.2) is 29.8 Å². The second-order valence-corrected chi connectivity index (χ2v) is 30.2. The Labute approximate surface area is 657 Å². The molecule has 3 saturated heterocycles. The maximum atomic E-state index is 14.0. The molecule has 3 fully saturated rings. The molecule has 3 aromatic rings. The van der Waals surface area contributed by atoms with Crippen LogP contribution in [-0.4, -0.2) is 267 Å². The van der Waals surface area contributed by atoms with Gasteiger partial charge in [-0.2, -0.15) is 10.1 Å². The smallest absolute Gasteiger partial charge is 0.404 e. The van der Waals surface area contributed by atoms with Crippen molar-refractivity contribution in [1.29, 1.82) is 5.41 Å². The number of nitrogens with zero attached hydrogens (tertiary/aromatic N) is 6. The average molecular weight is 1650 g/mol. The highest BCUT2D eigenvalue weighted by atomic mass is 33.1. The summed E-state index contributed by atoms with van der Waals surface area (Å²) >= 11 is 0.253. The molecule has 48 heteroatoms. The Balaban J connectivity index is 0.747. The van der Waals surface area contributed by atoms with Crippen molar-refractivity contribution in [3.63, 3.8) is 0 Å². The first-order valence-corrected chi connectivity index (χ1v) is 38.5. The fraction of sp³-hybridized carbons (Fsp3) is 0.485. The summed E-state index contributed by atoms with van der Waals surface area (Å²) in [5.41, 5.74) is 18.7. The Hall–Kier alpha value is -12.1. The molecule has 0 saturated carbocycles. The molecule has 10 amide bonds. The van der Waals surface area contributed by atoms with E-state index >= 15 is 0 Å². The number of carbonyl (C=O) groups is 16. The lowest BCUT2D eigenvalue weighted by Gasteiger charge is -2.39. The molecule has 10 atom stereocenters. The summed E-state index contributed by atoms with van der Waals surface area (Å²) in [6.07, 6.45) is -4.94. The first-order valence-electron chi connectivity index (χ1n) is 35.1. The fourth-order valence-corrected chi connectivity index (χ4v) is 15.5. The van der Waals surface area contributed by atoms with Gasteiger partial charge in [-0.3, -0.25) is 82.4 Å². The summed E-state index contributed by atoms with van der Waals surface area (Å²) in [7, 11) is 4.39. The zero-order valence-corrected chi connectivity index (χ0v) is 63.7. The van der Waals surface area contributed by atoms with Crippen LogP contribution in [0.15, 0.2) is 62.9 Å². The molecule has 4 aliphatic heterocycles. The van der Waals surface area contributed by atoms with E-state index in [9.17, 15) is 102 Å². The summed E-state index contributed by atoms with van der Waals surface area (Å²) in [6, 6.07) is -2.22. The van der Waals surface area contributed by atoms with Crippen molar-refractivity contribution in [2.75, 3.05) is 69.0 Å². The van der Waals surface area contributed by atoms with E-state index < -0.39 is 192 Å². The number of fused-ring (bicyclic) bond motifs is 5. The lowest BCUT2D eigenvalue weighted by atomic mass is 9.82. The van der Waals surface area contributed by atoms with Crippen LogP contribution in [0.4, 0.5) is 16.4 Å². The number of hydrazone groups is 1. The number of methoxy groups -OCH3 is 1. The number of nitrogens with two attached hydrogens (primary N) is 3. The summed E-state index contributed by atoms with van der Waals surface area (Å²) < 4.78 is 11.2. The van der Waals surface area contributed by atoms with Gasteiger partial charge in [-0.1, -0.05) is 21.6 Å². The van der Waals surface area contributed by atoms with E-state index in [4.69, 9.17) is 32.1 Å². The third kappa shape index (κ3) is 23.1. The molecule has 45 nitrogen and oxygen atoms in total. The molecule has 8 rings (SSSR count). The molecule has 1 aromatic carbocycles. The van der Waals surface area contributed by atoms with Crippen LogP contribution in [0.5, 0.6) is 0 Å². The number of carboxylic acid groups (broad SMARTS) is 4. The van der Waals surface area contributed by atoms with Crippen LogP contribution in [0.1, 0.15) is 94.1 Å². The third-order valence-corrected chi connectivity index (χ3v) is 21.9. The van der Waals surface area contributed by atoms with Gasteiger partial charge < -0.3 is 105 Å². The molecule has 0 bridgehead atoms. The normalized spacial score (nSPS) is 19.4. The Kier molecular flexibility index (Phi) is 30.6. The van der Waals surface area contributed by atoms with Crippen molar-refractivity contribution in [3.8, 4) is 0 Å². The predicted octanol–water partition coefficient (Wildman–Crippen LogP) is -4.92. The molecule has 614 valence electrons. The SMILES string of the molecule is CO[C@@]12[C@H](COC(N)=O)C3=C(C(=O)C(C)=C(NCCSSCCNC(=O)CC/C(C)=N/NC(=O)CCN4C(=O)CC(S[C@H](NC(=O)[C@H](CC(=O)O)NC(=O)[C@H](CCCNC(=N)N)NC(=O)[C@H](CC(=O)O)NC(=O)CC[C@H](NC(=O)c5ccc(NCc6cnc7nc(N)[nH]c(=O)c7n6)cc5)C(=O)O)C(=O)O)C4=O)C3=O)N1C[C@@H]1N[C@@H]12. The van der Waals surface area contributed by atoms with E-state index in [2.05, 4.69) is 78.3 Å². The van der Waals surface area contributed by atoms with Gasteiger partial charge in [0.05, 0.1) is 59.9 Å². The number of hydrogen-bond acceptors (Lipinski definition) is 32. The number of imide groups is 1. The number of carboxylic acids is 4. The predicted molar refractivity (Wildman–Crippen MR) is 403 cm³/mol. The topological polar surface area (TPSA) is 707 Å². The van der Waals surface area contributed by atoms with Gasteiger partial charge in [0.25, 0.3) is 11.5 Å². The van der Waals surface area contributed by atoms with Crippen molar-refractivity contribution in [2.45, 2.75) is 137 Å². The van der Waals surface area contributed by atoms with Gasteiger partial charge in [-0.15, -0.1) is 11.8 Å². The van der Waals surface area contributed by atoms with Gasteiger partial charge in [-0.05, 0) is 63.8 Å². The van der Waals surface area contributed by atoms with Gasteiger partial charge in [0.1, 0.15) is 30.8 Å². The van der Waals surface area contributed by atoms with Crippen molar-refractivity contribution in [3.05, 3.63) is 74.6 Å². The number of primary amides is 1. The highest BCUT2D eigenvalue weighted by molar-refractivity contribution is 8.76. The fourth-order valence-electron chi connectivity index (χ4n) is 12.6. The summed E-state index contributed by atoms with van der Waals surface area (Å²) in [5.74, 6) is -17.0. The van der Waals surface area contributed by atoms with Crippen molar-refractivity contribution in [1.82, 2.24) is 83.0 Å². The van der Waals surface area contributed by atoms with Gasteiger partial charge in [0, 0.05) is 111 Å². The Morgan fingerprint density at radius 3 is 2.08 bits per heavy atom. The van der Waals surface area contributed by atoms with E-state index in [1.807, 2.05) is 5.32 Å². The number of nitrogens with one attached hydrogen (secondary N) is 13. The molecule has 6 heterocycles. The van der Waals surface area contributed by atoms with Crippen LogP contribution in [0.3, 0.4) is 0 Å². The van der Waals surface area contributed by atoms with E-state index in [0.29, 0.717) is 53.1 Å². The summed E-state index contributed by atoms with van der Waals surface area (Å²) in [4.78, 5) is 238. The second-order valence-electron chi connectivity index (χ2n) is 26.2. The lowest BCUT2D eigenvalue weighted by molar-refractivity contribution is -0.142. The van der Waals surface area contributed by atoms with Gasteiger partial charge >= 0.3 is 30.0 Å². The highest BCUT2D eigenvalue weighted by Gasteiger charge is 2.73. The molecule has 1 unspecified atom stereocenters. The number of rotatable bonds is 45. The molecule has 23 N–H and O–H groups in total. The van der Waals surface area contributed by atoms with Crippen molar-refractivity contribution >= 4 is 163 Å². The number of allylic oxidation sites excluding steroid dienone is 2. The number of ketones is 2. The zero-order valence-electron chi connectivity index (χ0n) is 61.2. The molecule has 0 spiro atoms. The third-order valence-electron chi connectivity index (χ3n) is 18.2. The number of Topliss-reactive ketones (excluding diaryl/α,β-unsaturated/α-hetero) is 2. The number of thioether (sulfide) groups is 1. The molecule has 2 aromatic heterocycles. The standard InChI is InChI=1S/C66H84N22O23S3/c1-28(6-12-40(89)71-16-19-112-113-20-17-72-47-29(2)50(97)49-46(51(47)98)33(27-111-65(70)109)66(110-3)52-38(78-52)26-88(49)66)85-86-42(91)14-18-87-43(92)23-39(60(87)104)114-59(62(107)108)83-57(102)37(22-45(95)96)81-55(100)34(5-4-15-73-63(67)68)79-56(101)36(21-44(93)94)77-41(90)13-11-35(61(105)106)80-54(99)30-7-9-31(10-8-30)74-24-32-25-75-53-48(76-32)58(103)84-64(69)82-53/h7-10,25,33-39,52,59,72,74,78H,4-6,11-24,26-27H2,1-3H3,(H2,70,109)(H,71,89)(H,77,90)(H,79,101)(H,80,99)(H,81,100)(H,83,102)(H,86,91)(H,93,94)(H,95,96)(H,105,106)(H,107,108)(H4,67,68,73)(H3,69,75,82,84,103)/b85-28+/t33-,34+,35+,36+,37+,38+,39?,52+,59+,66-/m1/s1. The minimum atomic E-state index is -2.15. The number of piperazine rings is 1. The first kappa shape index (κ1) is 87.5.